The van der Waals surface area contributed by atoms with Gasteiger partial charge in [0.1, 0.15) is 60.9 Å². The number of carboxylic acid groups (broad SMARTS) is 2. The summed E-state index contributed by atoms with van der Waals surface area (Å²) >= 11 is 0. The summed E-state index contributed by atoms with van der Waals surface area (Å²) in [7, 11) is -11.6. The monoisotopic (exact) mass is 879 g/mol. The van der Waals surface area contributed by atoms with E-state index in [1.54, 1.807) is 0 Å². The van der Waals surface area contributed by atoms with Crippen molar-refractivity contribution in [2.45, 2.75) is 107 Å². The Morgan fingerprint density at radius 2 is 1.60 bits per heavy atom. The van der Waals surface area contributed by atoms with Crippen LogP contribution in [0.15, 0.2) is 21.9 Å². The van der Waals surface area contributed by atoms with Gasteiger partial charge in [0, 0.05) is 25.6 Å². The number of ether oxygens (including phenoxy) is 3. The predicted octanol–water partition coefficient (Wildman–Crippen LogP) is -5.30. The first-order valence-electron chi connectivity index (χ1n) is 16.8. The topological polar surface area (TPSA) is 428 Å². The molecule has 28 nitrogen and oxygen atoms in total. The molecule has 2 unspecified atom stereocenters. The van der Waals surface area contributed by atoms with E-state index in [1.807, 2.05) is 4.98 Å². The van der Waals surface area contributed by atoms with E-state index in [9.17, 15) is 78.0 Å². The van der Waals surface area contributed by atoms with Crippen LogP contribution in [0.5, 0.6) is 0 Å². The first-order chi connectivity index (χ1) is 26.9. The Kier molecular flexibility index (Phi) is 16.9. The molecule has 30 heteroatoms. The van der Waals surface area contributed by atoms with Crippen molar-refractivity contribution < 1.29 is 101 Å². The Hall–Kier alpha value is -3.99. The molecule has 1 aromatic rings. The van der Waals surface area contributed by atoms with Crippen LogP contribution in [0.1, 0.15) is 39.8 Å². The van der Waals surface area contributed by atoms with E-state index >= 15 is 0 Å². The number of phosphoric ester groups is 2. The van der Waals surface area contributed by atoms with E-state index in [1.165, 1.54) is 0 Å². The molecule has 3 heterocycles. The fourth-order valence-electron chi connectivity index (χ4n) is 5.42. The van der Waals surface area contributed by atoms with E-state index in [4.69, 9.17) is 23.8 Å². The van der Waals surface area contributed by atoms with Crippen LogP contribution in [-0.4, -0.2) is 160 Å². The number of amides is 3. The number of aliphatic hydroxyl groups is 4. The van der Waals surface area contributed by atoms with Crippen molar-refractivity contribution in [1.29, 1.82) is 0 Å². The Morgan fingerprint density at radius 3 is 2.17 bits per heavy atom. The number of aromatic nitrogens is 2. The minimum Gasteiger partial charge on any atom is -0.481 e. The SMILES string of the molecule is CC(=O)N[C@@H]1[C@@H](OP(=O)(O)OP(=O)(O)OC[C@@H]2O[C@@H](n3ccc(=O)[nH]c3=O)[C@H](O)[C@H]2O)O[C@@H](CO)[C@H](O)[C@H]1O[C@H](C)C(=O)N[C@@H](C)C(=O)N[C@H](CCC(=O)O)C(=O)O. The van der Waals surface area contributed by atoms with Gasteiger partial charge in [0.2, 0.25) is 17.7 Å². The normalized spacial score (nSPS) is 29.5. The van der Waals surface area contributed by atoms with Gasteiger partial charge in [-0.25, -0.2) is 18.7 Å². The third-order valence-corrected chi connectivity index (χ3v) is 10.9. The van der Waals surface area contributed by atoms with E-state index in [0.717, 1.165) is 33.0 Å². The molecule has 0 saturated carbocycles. The molecule has 0 radical (unpaired) electrons. The molecule has 2 fully saturated rings. The van der Waals surface area contributed by atoms with Gasteiger partial charge in [0.25, 0.3) is 5.56 Å². The molecule has 3 amide bonds. The fraction of sp³-hybridized carbons (Fsp3) is 0.679. The van der Waals surface area contributed by atoms with Gasteiger partial charge in [-0.3, -0.25) is 42.6 Å². The molecule has 2 aliphatic rings. The number of phosphoric acid groups is 2. The molecule has 0 bridgehead atoms. The summed E-state index contributed by atoms with van der Waals surface area (Å²) < 4.78 is 56.5. The maximum absolute atomic E-state index is 13.0. The van der Waals surface area contributed by atoms with Crippen LogP contribution >= 0.6 is 15.6 Å². The Morgan fingerprint density at radius 1 is 0.948 bits per heavy atom. The molecule has 2 aliphatic heterocycles. The summed E-state index contributed by atoms with van der Waals surface area (Å²) in [6.45, 7) is 0.948. The second kappa shape index (κ2) is 20.3. The van der Waals surface area contributed by atoms with Crippen LogP contribution in [0.4, 0.5) is 0 Å². The molecule has 0 aliphatic carbocycles. The first-order valence-corrected chi connectivity index (χ1v) is 19.8. The lowest BCUT2D eigenvalue weighted by Crippen LogP contribution is -2.66. The van der Waals surface area contributed by atoms with Crippen LogP contribution in [0.2, 0.25) is 0 Å². The summed E-state index contributed by atoms with van der Waals surface area (Å²) in [6, 6.07) is -4.07. The van der Waals surface area contributed by atoms with E-state index in [-0.39, 0.29) is 0 Å². The van der Waals surface area contributed by atoms with Gasteiger partial charge in [0.15, 0.2) is 12.5 Å². The number of rotatable bonds is 20. The van der Waals surface area contributed by atoms with Gasteiger partial charge in [-0.15, -0.1) is 0 Å². The Labute approximate surface area is 325 Å². The van der Waals surface area contributed by atoms with Crippen LogP contribution in [0.3, 0.4) is 0 Å². The smallest absolute Gasteiger partial charge is 0.481 e. The second-order valence-corrected chi connectivity index (χ2v) is 15.7. The minimum atomic E-state index is -5.88. The van der Waals surface area contributed by atoms with E-state index < -0.39 is 156 Å². The zero-order valence-electron chi connectivity index (χ0n) is 30.5. The van der Waals surface area contributed by atoms with Crippen LogP contribution in [0, 0.1) is 0 Å². The third kappa shape index (κ3) is 13.3. The zero-order chi connectivity index (χ0) is 43.9. The predicted molar refractivity (Wildman–Crippen MR) is 183 cm³/mol. The summed E-state index contributed by atoms with van der Waals surface area (Å²) in [6.07, 6.45) is -16.8. The number of carbonyl (C=O) groups excluding carboxylic acids is 3. The van der Waals surface area contributed by atoms with Crippen molar-refractivity contribution in [3.63, 3.8) is 0 Å². The average Bonchev–Trinajstić information content (AvgIpc) is 3.39. The summed E-state index contributed by atoms with van der Waals surface area (Å²) in [5.41, 5.74) is -1.85. The first kappa shape index (κ1) is 48.4. The number of H-pyrrole nitrogens is 1. The van der Waals surface area contributed by atoms with Gasteiger partial charge in [-0.05, 0) is 20.3 Å². The van der Waals surface area contributed by atoms with Crippen LogP contribution in [-0.2, 0) is 60.7 Å². The highest BCUT2D eigenvalue weighted by Gasteiger charge is 2.52. The molecule has 58 heavy (non-hydrogen) atoms. The quantitative estimate of drug-likeness (QED) is 0.0544. The highest BCUT2D eigenvalue weighted by Crippen LogP contribution is 2.61. The molecule has 0 spiro atoms. The Balaban J connectivity index is 1.71. The van der Waals surface area contributed by atoms with Crippen molar-refractivity contribution >= 4 is 45.3 Å². The van der Waals surface area contributed by atoms with Gasteiger partial charge >= 0.3 is 33.3 Å². The summed E-state index contributed by atoms with van der Waals surface area (Å²) in [5.74, 6) is -5.94. The van der Waals surface area contributed by atoms with Crippen molar-refractivity contribution in [2.75, 3.05) is 13.2 Å². The summed E-state index contributed by atoms with van der Waals surface area (Å²) in [5, 5.41) is 66.0. The minimum absolute atomic E-state index is 0.483. The van der Waals surface area contributed by atoms with Crippen LogP contribution < -0.4 is 27.2 Å². The molecule has 3 rings (SSSR count). The number of aliphatic carboxylic acids is 2. The lowest BCUT2D eigenvalue weighted by molar-refractivity contribution is -0.261. The van der Waals surface area contributed by atoms with Gasteiger partial charge < -0.3 is 70.6 Å². The number of nitrogens with one attached hydrogen (secondary N) is 4. The fourth-order valence-corrected chi connectivity index (χ4v) is 7.58. The average molecular weight is 880 g/mol. The van der Waals surface area contributed by atoms with Crippen molar-refractivity contribution in [2.24, 2.45) is 0 Å². The third-order valence-electron chi connectivity index (χ3n) is 8.28. The summed E-state index contributed by atoms with van der Waals surface area (Å²) in [4.78, 5) is 106. The highest BCUT2D eigenvalue weighted by atomic mass is 31.3. The lowest BCUT2D eigenvalue weighted by Gasteiger charge is -2.44. The lowest BCUT2D eigenvalue weighted by atomic mass is 9.96. The number of aliphatic hydroxyl groups excluding tert-OH is 4. The van der Waals surface area contributed by atoms with Gasteiger partial charge in [-0.2, -0.15) is 4.31 Å². The number of nitrogens with zero attached hydrogens (tertiary/aromatic N) is 1. The molecular weight excluding hydrogens is 836 g/mol. The molecule has 14 atom stereocenters. The van der Waals surface area contributed by atoms with Gasteiger partial charge in [-0.1, -0.05) is 0 Å². The van der Waals surface area contributed by atoms with Crippen molar-refractivity contribution in [3.05, 3.63) is 33.1 Å². The van der Waals surface area contributed by atoms with E-state index in [2.05, 4.69) is 24.8 Å². The molecule has 0 aromatic carbocycles. The maximum Gasteiger partial charge on any atom is 0.483 e. The molecule has 328 valence electrons. The number of carbonyl (C=O) groups is 5. The molecule has 2 saturated heterocycles. The molecule has 1 aromatic heterocycles. The van der Waals surface area contributed by atoms with Crippen molar-refractivity contribution in [1.82, 2.24) is 25.5 Å². The number of aromatic amines is 1. The van der Waals surface area contributed by atoms with Crippen molar-refractivity contribution in [3.8, 4) is 0 Å². The molecular formula is C28H43N5O23P2. The molecule has 12 N–H and O–H groups in total. The number of hydrogen-bond donors (Lipinski definition) is 12. The van der Waals surface area contributed by atoms with Crippen LogP contribution in [0.25, 0.3) is 0 Å². The largest absolute Gasteiger partial charge is 0.483 e. The maximum atomic E-state index is 13.0. The Bertz CT molecular complexity index is 1880. The highest BCUT2D eigenvalue weighted by molar-refractivity contribution is 7.61. The van der Waals surface area contributed by atoms with Gasteiger partial charge in [0.05, 0.1) is 13.2 Å². The number of carboxylic acids is 2. The second-order valence-electron chi connectivity index (χ2n) is 12.7. The standard InChI is InChI=1S/C28H43N5O23P2/c1-10(23(42)31-13(26(44)45)4-5-17(37)38)29-24(43)11(2)52-22-18(30-12(3)35)27(54-14(8-34)20(22)40)55-58(49,50)56-57(47,48)51-9-15-19(39)21(41)25(53-15)33-7-6-16(36)32-28(33)46/h6-7,10-11,13-15,18-22,25,27,34,39-41H,4-5,8-9H2,1-3H3,(H,29,43)(H,30,35)(H,31,42)(H,37,38)(H,44,45)(H,47,48)(H,49,50)(H,32,36,46)/t10-,11+,13+,14-,15-,18-,19-,20-,21+,22-,25+,27+/m0/s1. The zero-order valence-corrected chi connectivity index (χ0v) is 32.2. The van der Waals surface area contributed by atoms with E-state index in [0.29, 0.717) is 4.57 Å². The number of hydrogen-bond acceptors (Lipinski definition) is 19.